The molecular formula is C13H18N2O5S2. The first-order valence-electron chi connectivity index (χ1n) is 7.14. The van der Waals surface area contributed by atoms with Crippen molar-refractivity contribution in [1.29, 1.82) is 0 Å². The Balaban J connectivity index is 2.04. The monoisotopic (exact) mass is 346 g/mol. The molecule has 3 N–H and O–H groups in total. The summed E-state index contributed by atoms with van der Waals surface area (Å²) in [6.45, 7) is 1.68. The highest BCUT2D eigenvalue weighted by molar-refractivity contribution is 7.91. The lowest BCUT2D eigenvalue weighted by atomic mass is 10.1. The van der Waals surface area contributed by atoms with Crippen molar-refractivity contribution < 1.29 is 23.4 Å². The van der Waals surface area contributed by atoms with E-state index in [0.29, 0.717) is 38.0 Å². The van der Waals surface area contributed by atoms with E-state index in [1.165, 1.54) is 4.31 Å². The van der Waals surface area contributed by atoms with Crippen LogP contribution < -0.4 is 5.32 Å². The second-order valence-electron chi connectivity index (χ2n) is 5.60. The summed E-state index contributed by atoms with van der Waals surface area (Å²) in [5.74, 6) is -1.25. The van der Waals surface area contributed by atoms with Crippen LogP contribution in [0.1, 0.15) is 27.2 Å². The highest BCUT2D eigenvalue weighted by Crippen LogP contribution is 2.37. The molecular weight excluding hydrogens is 328 g/mol. The van der Waals surface area contributed by atoms with Gasteiger partial charge in [0.05, 0.1) is 5.56 Å². The number of carbonyl (C=O) groups is 1. The van der Waals surface area contributed by atoms with E-state index in [9.17, 15) is 23.4 Å². The summed E-state index contributed by atoms with van der Waals surface area (Å²) in [7, 11) is -3.82. The molecule has 2 aliphatic heterocycles. The van der Waals surface area contributed by atoms with Gasteiger partial charge in [0.1, 0.15) is 4.21 Å². The number of nitrogens with one attached hydrogen (secondary N) is 1. The van der Waals surface area contributed by atoms with Gasteiger partial charge in [-0.3, -0.25) is 0 Å². The second-order valence-corrected chi connectivity index (χ2v) is 8.84. The Morgan fingerprint density at radius 1 is 1.45 bits per heavy atom. The van der Waals surface area contributed by atoms with Gasteiger partial charge in [0.2, 0.25) is 0 Å². The number of fused-ring (bicyclic) bond motifs is 1. The number of aliphatic hydroxyl groups excluding tert-OH is 1. The number of hydrogen-bond donors (Lipinski definition) is 3. The van der Waals surface area contributed by atoms with E-state index in [1.54, 1.807) is 0 Å². The van der Waals surface area contributed by atoms with Crippen molar-refractivity contribution in [2.45, 2.75) is 23.6 Å². The number of carboxylic acids is 1. The summed E-state index contributed by atoms with van der Waals surface area (Å²) in [6, 6.07) is 0. The summed E-state index contributed by atoms with van der Waals surface area (Å²) in [6.07, 6.45) is 1.13. The first-order valence-corrected chi connectivity index (χ1v) is 9.40. The molecule has 1 aromatic heterocycles. The van der Waals surface area contributed by atoms with Crippen LogP contribution in [0.3, 0.4) is 0 Å². The molecule has 0 aromatic carbocycles. The zero-order chi connectivity index (χ0) is 15.9. The third kappa shape index (κ3) is 2.56. The first kappa shape index (κ1) is 15.9. The Kier molecular flexibility index (Phi) is 4.25. The van der Waals surface area contributed by atoms with Crippen molar-refractivity contribution in [2.75, 3.05) is 26.2 Å². The van der Waals surface area contributed by atoms with Gasteiger partial charge in [0.15, 0.2) is 0 Å². The summed E-state index contributed by atoms with van der Waals surface area (Å²) < 4.78 is 26.9. The minimum absolute atomic E-state index is 0.0529. The fourth-order valence-electron chi connectivity index (χ4n) is 2.99. The maximum absolute atomic E-state index is 12.8. The second kappa shape index (κ2) is 5.89. The molecule has 0 saturated carbocycles. The molecule has 9 heteroatoms. The molecule has 0 unspecified atom stereocenters. The van der Waals surface area contributed by atoms with Crippen LogP contribution in [0.4, 0.5) is 0 Å². The van der Waals surface area contributed by atoms with Crippen LogP contribution in [-0.4, -0.2) is 55.1 Å². The van der Waals surface area contributed by atoms with Crippen molar-refractivity contribution >= 4 is 27.3 Å². The molecule has 1 fully saturated rings. The van der Waals surface area contributed by atoms with E-state index in [4.69, 9.17) is 0 Å². The molecule has 0 radical (unpaired) electrons. The topological polar surface area (TPSA) is 107 Å². The Labute approximate surface area is 132 Å². The lowest BCUT2D eigenvalue weighted by Crippen LogP contribution is -2.30. The summed E-state index contributed by atoms with van der Waals surface area (Å²) in [5, 5.41) is 21.8. The minimum atomic E-state index is -3.82. The van der Waals surface area contributed by atoms with Crippen LogP contribution in [0.15, 0.2) is 4.21 Å². The molecule has 1 atom stereocenters. The molecule has 7 nitrogen and oxygen atoms in total. The van der Waals surface area contributed by atoms with Gasteiger partial charge in [-0.15, -0.1) is 11.3 Å². The van der Waals surface area contributed by atoms with Crippen LogP contribution in [-0.2, 0) is 23.0 Å². The molecule has 0 aliphatic carbocycles. The third-order valence-corrected chi connectivity index (χ3v) is 7.78. The average Bonchev–Trinajstić information content (AvgIpc) is 3.12. The predicted octanol–water partition coefficient (Wildman–Crippen LogP) is 0.0949. The maximum atomic E-state index is 12.8. The zero-order valence-corrected chi connectivity index (χ0v) is 13.5. The Bertz CT molecular complexity index is 698. The number of hydrogen-bond acceptors (Lipinski definition) is 6. The van der Waals surface area contributed by atoms with Gasteiger partial charge in [-0.05, 0) is 30.9 Å². The summed E-state index contributed by atoms with van der Waals surface area (Å²) in [5.41, 5.74) is 0.585. The molecule has 3 heterocycles. The Morgan fingerprint density at radius 2 is 2.23 bits per heavy atom. The number of rotatable bonds is 4. The molecule has 122 valence electrons. The van der Waals surface area contributed by atoms with Crippen LogP contribution >= 0.6 is 11.3 Å². The minimum Gasteiger partial charge on any atom is -0.478 e. The zero-order valence-electron chi connectivity index (χ0n) is 11.9. The fraction of sp³-hybridized carbons (Fsp3) is 0.615. The molecule has 0 spiro atoms. The van der Waals surface area contributed by atoms with Gasteiger partial charge in [-0.1, -0.05) is 0 Å². The van der Waals surface area contributed by atoms with E-state index < -0.39 is 16.0 Å². The number of sulfonamides is 1. The third-order valence-electron chi connectivity index (χ3n) is 4.19. The molecule has 0 amide bonds. The van der Waals surface area contributed by atoms with Crippen molar-refractivity contribution in [2.24, 2.45) is 5.92 Å². The number of aromatic carboxylic acids is 1. The van der Waals surface area contributed by atoms with Gasteiger partial charge in [-0.2, -0.15) is 4.31 Å². The first-order chi connectivity index (χ1) is 10.4. The summed E-state index contributed by atoms with van der Waals surface area (Å²) in [4.78, 5) is 12.4. The molecule has 1 saturated heterocycles. The largest absolute Gasteiger partial charge is 0.478 e. The highest BCUT2D eigenvalue weighted by atomic mass is 32.2. The molecule has 2 aliphatic rings. The van der Waals surface area contributed by atoms with E-state index in [0.717, 1.165) is 16.2 Å². The highest BCUT2D eigenvalue weighted by Gasteiger charge is 2.38. The Morgan fingerprint density at radius 3 is 2.86 bits per heavy atom. The van der Waals surface area contributed by atoms with Gasteiger partial charge in [-0.25, -0.2) is 13.2 Å². The van der Waals surface area contributed by atoms with Gasteiger partial charge < -0.3 is 15.5 Å². The maximum Gasteiger partial charge on any atom is 0.338 e. The van der Waals surface area contributed by atoms with Crippen molar-refractivity contribution in [1.82, 2.24) is 9.62 Å². The van der Waals surface area contributed by atoms with E-state index in [-0.39, 0.29) is 28.8 Å². The molecule has 22 heavy (non-hydrogen) atoms. The van der Waals surface area contributed by atoms with Crippen molar-refractivity contribution in [3.8, 4) is 0 Å². The number of nitrogens with zero attached hydrogens (tertiary/aromatic N) is 1. The average molecular weight is 346 g/mol. The van der Waals surface area contributed by atoms with Crippen LogP contribution in [0.25, 0.3) is 0 Å². The van der Waals surface area contributed by atoms with Crippen molar-refractivity contribution in [3.63, 3.8) is 0 Å². The van der Waals surface area contributed by atoms with Crippen LogP contribution in [0.5, 0.6) is 0 Å². The van der Waals surface area contributed by atoms with Crippen molar-refractivity contribution in [3.05, 3.63) is 16.0 Å². The molecule has 1 aromatic rings. The lowest BCUT2D eigenvalue weighted by Gasteiger charge is -2.16. The SMILES string of the molecule is O=C(O)c1c(S(=O)(=O)N2CC[C@H](CO)C2)sc2c1CCNC2. The van der Waals surface area contributed by atoms with E-state index in [2.05, 4.69) is 5.32 Å². The van der Waals surface area contributed by atoms with E-state index >= 15 is 0 Å². The van der Waals surface area contributed by atoms with Gasteiger partial charge in [0.25, 0.3) is 10.0 Å². The molecule has 3 rings (SSSR count). The lowest BCUT2D eigenvalue weighted by molar-refractivity contribution is 0.0692. The number of carboxylic acid groups (broad SMARTS) is 1. The number of aliphatic hydroxyl groups is 1. The van der Waals surface area contributed by atoms with Crippen LogP contribution in [0.2, 0.25) is 0 Å². The standard InChI is InChI=1S/C13H18N2O5S2/c16-7-8-2-4-15(6-8)22(19,20)13-11(12(17)18)9-1-3-14-5-10(9)21-13/h8,14,16H,1-7H2,(H,17,18)/t8-/m0/s1. The normalized spacial score (nSPS) is 22.7. The van der Waals surface area contributed by atoms with Crippen LogP contribution in [0, 0.1) is 5.92 Å². The molecule has 0 bridgehead atoms. The smallest absolute Gasteiger partial charge is 0.338 e. The number of thiophene rings is 1. The fourth-order valence-corrected chi connectivity index (χ4v) is 6.52. The van der Waals surface area contributed by atoms with Gasteiger partial charge >= 0.3 is 5.97 Å². The summed E-state index contributed by atoms with van der Waals surface area (Å²) >= 11 is 1.06. The Hall–Kier alpha value is -1.00. The predicted molar refractivity (Wildman–Crippen MR) is 80.6 cm³/mol. The van der Waals surface area contributed by atoms with Gasteiger partial charge in [0, 0.05) is 31.1 Å². The quantitative estimate of drug-likeness (QED) is 0.714. The van der Waals surface area contributed by atoms with E-state index in [1.807, 2.05) is 0 Å².